The molecule has 2 aromatic carbocycles. The minimum Gasteiger partial charge on any atom is -0.449 e. The highest BCUT2D eigenvalue weighted by molar-refractivity contribution is 5.96. The molecule has 1 atom stereocenters. The lowest BCUT2D eigenvalue weighted by Gasteiger charge is -2.21. The number of likely N-dealkylation sites (N-methyl/N-ethyl adjacent to an activating group) is 1. The fraction of sp³-hybridized carbons (Fsp3) is 0.318. The summed E-state index contributed by atoms with van der Waals surface area (Å²) in [6.07, 6.45) is -0.116. The van der Waals surface area contributed by atoms with Gasteiger partial charge in [-0.25, -0.2) is 4.79 Å². The smallest absolute Gasteiger partial charge is 0.338 e. The van der Waals surface area contributed by atoms with Crippen molar-refractivity contribution in [2.45, 2.75) is 33.3 Å². The number of carbonyl (C=O) groups is 3. The molecule has 0 aliphatic rings. The molecule has 0 aliphatic carbocycles. The maximum Gasteiger partial charge on any atom is 0.338 e. The highest BCUT2D eigenvalue weighted by Gasteiger charge is 2.23. The molecule has 0 saturated heterocycles. The number of esters is 1. The molecule has 2 amide bonds. The van der Waals surface area contributed by atoms with Gasteiger partial charge in [0.2, 0.25) is 5.91 Å². The molecule has 1 N–H and O–H groups in total. The van der Waals surface area contributed by atoms with E-state index in [1.54, 1.807) is 24.3 Å². The van der Waals surface area contributed by atoms with Crippen molar-refractivity contribution in [3.63, 3.8) is 0 Å². The molecule has 0 heterocycles. The Labute approximate surface area is 165 Å². The fourth-order valence-electron chi connectivity index (χ4n) is 2.60. The average Bonchev–Trinajstić information content (AvgIpc) is 2.68. The summed E-state index contributed by atoms with van der Waals surface area (Å²) in [5, 5.41) is 2.73. The van der Waals surface area contributed by atoms with Gasteiger partial charge in [0.15, 0.2) is 6.10 Å². The van der Waals surface area contributed by atoms with E-state index < -0.39 is 18.0 Å². The van der Waals surface area contributed by atoms with Crippen LogP contribution < -0.4 is 5.32 Å². The van der Waals surface area contributed by atoms with Crippen molar-refractivity contribution >= 4 is 23.5 Å². The lowest BCUT2D eigenvalue weighted by Crippen LogP contribution is -2.41. The van der Waals surface area contributed by atoms with Crippen LogP contribution in [0.3, 0.4) is 0 Å². The van der Waals surface area contributed by atoms with Gasteiger partial charge in [0, 0.05) is 12.7 Å². The van der Waals surface area contributed by atoms with Crippen LogP contribution in [0.25, 0.3) is 0 Å². The first-order chi connectivity index (χ1) is 13.3. The Kier molecular flexibility index (Phi) is 7.32. The summed E-state index contributed by atoms with van der Waals surface area (Å²) in [5.74, 6) is -1.34. The van der Waals surface area contributed by atoms with Crippen LogP contribution in [0.1, 0.15) is 35.3 Å². The van der Waals surface area contributed by atoms with Crippen LogP contribution in [0.4, 0.5) is 5.69 Å². The highest BCUT2D eigenvalue weighted by atomic mass is 16.5. The van der Waals surface area contributed by atoms with Crippen LogP contribution in [-0.4, -0.2) is 42.4 Å². The van der Waals surface area contributed by atoms with Gasteiger partial charge in [-0.15, -0.1) is 0 Å². The minimum atomic E-state index is -0.990. The van der Waals surface area contributed by atoms with E-state index in [4.69, 9.17) is 4.74 Å². The molecule has 28 heavy (non-hydrogen) atoms. The van der Waals surface area contributed by atoms with Gasteiger partial charge in [-0.3, -0.25) is 9.59 Å². The van der Waals surface area contributed by atoms with Crippen molar-refractivity contribution in [1.29, 1.82) is 0 Å². The van der Waals surface area contributed by atoms with Gasteiger partial charge in [-0.1, -0.05) is 36.8 Å². The molecule has 0 bridgehead atoms. The van der Waals surface area contributed by atoms with Crippen molar-refractivity contribution in [2.75, 3.05) is 18.9 Å². The Morgan fingerprint density at radius 1 is 1.04 bits per heavy atom. The van der Waals surface area contributed by atoms with Crippen LogP contribution >= 0.6 is 0 Å². The predicted octanol–water partition coefficient (Wildman–Crippen LogP) is 3.20. The minimum absolute atomic E-state index is 0.139. The fourth-order valence-corrected chi connectivity index (χ4v) is 2.60. The Morgan fingerprint density at radius 3 is 2.21 bits per heavy atom. The number of benzene rings is 2. The number of nitrogens with one attached hydrogen (secondary N) is 1. The summed E-state index contributed by atoms with van der Waals surface area (Å²) >= 11 is 0. The first-order valence-corrected chi connectivity index (χ1v) is 9.21. The molecule has 0 saturated carbocycles. The van der Waals surface area contributed by atoms with Crippen molar-refractivity contribution < 1.29 is 19.1 Å². The SMILES string of the molecule is CCc1ccc(C(=O)O[C@@H](C)C(=O)N(C)CC(=O)Nc2ccc(C)cc2)cc1. The monoisotopic (exact) mass is 382 g/mol. The lowest BCUT2D eigenvalue weighted by molar-refractivity contribution is -0.140. The molecule has 148 valence electrons. The summed E-state index contributed by atoms with van der Waals surface area (Å²) in [6.45, 7) is 5.34. The normalized spacial score (nSPS) is 11.4. The zero-order valence-electron chi connectivity index (χ0n) is 16.7. The van der Waals surface area contributed by atoms with E-state index in [2.05, 4.69) is 5.32 Å². The number of anilines is 1. The standard InChI is InChI=1S/C22H26N2O4/c1-5-17-8-10-18(11-9-17)22(27)28-16(3)21(26)24(4)14-20(25)23-19-12-6-15(2)7-13-19/h6-13,16H,5,14H2,1-4H3,(H,23,25)/t16-/m0/s1. The molecular formula is C22H26N2O4. The van der Waals surface area contributed by atoms with Crippen molar-refractivity contribution in [2.24, 2.45) is 0 Å². The van der Waals surface area contributed by atoms with E-state index in [9.17, 15) is 14.4 Å². The van der Waals surface area contributed by atoms with Crippen LogP contribution in [0.15, 0.2) is 48.5 Å². The number of rotatable bonds is 7. The van der Waals surface area contributed by atoms with Gasteiger partial charge >= 0.3 is 5.97 Å². The van der Waals surface area contributed by atoms with Crippen LogP contribution in [0.5, 0.6) is 0 Å². The third-order valence-electron chi connectivity index (χ3n) is 4.32. The summed E-state index contributed by atoms with van der Waals surface area (Å²) in [4.78, 5) is 38.0. The molecule has 2 rings (SSSR count). The molecular weight excluding hydrogens is 356 g/mol. The zero-order chi connectivity index (χ0) is 20.7. The number of hydrogen-bond acceptors (Lipinski definition) is 4. The van der Waals surface area contributed by atoms with Gasteiger partial charge < -0.3 is 15.0 Å². The second-order valence-corrected chi connectivity index (χ2v) is 6.71. The van der Waals surface area contributed by atoms with Gasteiger partial charge in [0.25, 0.3) is 5.91 Å². The van der Waals surface area contributed by atoms with E-state index in [-0.39, 0.29) is 12.5 Å². The molecule has 0 radical (unpaired) electrons. The molecule has 0 aliphatic heterocycles. The van der Waals surface area contributed by atoms with Crippen LogP contribution in [0.2, 0.25) is 0 Å². The molecule has 0 unspecified atom stereocenters. The number of amides is 2. The molecule has 0 aromatic heterocycles. The van der Waals surface area contributed by atoms with Gasteiger partial charge in [0.05, 0.1) is 12.1 Å². The third kappa shape index (κ3) is 5.94. The second-order valence-electron chi connectivity index (χ2n) is 6.71. The van der Waals surface area contributed by atoms with E-state index in [0.29, 0.717) is 11.3 Å². The number of aryl methyl sites for hydroxylation is 2. The van der Waals surface area contributed by atoms with Crippen molar-refractivity contribution in [1.82, 2.24) is 4.90 Å². The molecule has 6 nitrogen and oxygen atoms in total. The summed E-state index contributed by atoms with van der Waals surface area (Å²) in [5.41, 5.74) is 3.24. The number of hydrogen-bond donors (Lipinski definition) is 1. The van der Waals surface area contributed by atoms with Gasteiger partial charge in [0.1, 0.15) is 0 Å². The predicted molar refractivity (Wildman–Crippen MR) is 108 cm³/mol. The molecule has 6 heteroatoms. The Hall–Kier alpha value is -3.15. The molecule has 0 fully saturated rings. The van der Waals surface area contributed by atoms with Crippen molar-refractivity contribution in [3.8, 4) is 0 Å². The first kappa shape index (κ1) is 21.2. The summed E-state index contributed by atoms with van der Waals surface area (Å²) < 4.78 is 5.24. The first-order valence-electron chi connectivity index (χ1n) is 9.21. The quantitative estimate of drug-likeness (QED) is 0.746. The van der Waals surface area contributed by atoms with E-state index in [1.807, 2.05) is 38.1 Å². The lowest BCUT2D eigenvalue weighted by atomic mass is 10.1. The molecule has 0 spiro atoms. The number of ether oxygens (including phenoxy) is 1. The Bertz CT molecular complexity index is 829. The summed E-state index contributed by atoms with van der Waals surface area (Å²) in [6, 6.07) is 14.4. The Morgan fingerprint density at radius 2 is 1.64 bits per heavy atom. The summed E-state index contributed by atoms with van der Waals surface area (Å²) in [7, 11) is 1.50. The zero-order valence-corrected chi connectivity index (χ0v) is 16.7. The number of nitrogens with zero attached hydrogens (tertiary/aromatic N) is 1. The second kappa shape index (κ2) is 9.69. The van der Waals surface area contributed by atoms with E-state index in [1.165, 1.54) is 18.9 Å². The number of carbonyl (C=O) groups excluding carboxylic acids is 3. The Balaban J connectivity index is 1.87. The largest absolute Gasteiger partial charge is 0.449 e. The highest BCUT2D eigenvalue weighted by Crippen LogP contribution is 2.10. The maximum atomic E-state index is 12.4. The van der Waals surface area contributed by atoms with Crippen LogP contribution in [0, 0.1) is 6.92 Å². The van der Waals surface area contributed by atoms with Gasteiger partial charge in [-0.2, -0.15) is 0 Å². The third-order valence-corrected chi connectivity index (χ3v) is 4.32. The van der Waals surface area contributed by atoms with Gasteiger partial charge in [-0.05, 0) is 50.1 Å². The van der Waals surface area contributed by atoms with Crippen molar-refractivity contribution in [3.05, 3.63) is 65.2 Å². The van der Waals surface area contributed by atoms with E-state index in [0.717, 1.165) is 17.5 Å². The van der Waals surface area contributed by atoms with E-state index >= 15 is 0 Å². The average molecular weight is 382 g/mol. The van der Waals surface area contributed by atoms with Crippen LogP contribution in [-0.2, 0) is 20.7 Å². The topological polar surface area (TPSA) is 75.7 Å². The maximum absolute atomic E-state index is 12.4. The molecule has 2 aromatic rings.